The molecule has 1 aliphatic rings. The van der Waals surface area contributed by atoms with Crippen LogP contribution in [-0.4, -0.2) is 75.8 Å². The Balaban J connectivity index is 1.06. The van der Waals surface area contributed by atoms with Crippen LogP contribution in [0.3, 0.4) is 0 Å². The number of rotatable bonds is 11. The van der Waals surface area contributed by atoms with Gasteiger partial charge in [0.15, 0.2) is 5.82 Å². The average Bonchev–Trinajstić information content (AvgIpc) is 3.66. The topological polar surface area (TPSA) is 152 Å². The van der Waals surface area contributed by atoms with Gasteiger partial charge in [-0.1, -0.05) is 0 Å². The van der Waals surface area contributed by atoms with Crippen LogP contribution in [0.25, 0.3) is 5.82 Å². The lowest BCUT2D eigenvalue weighted by Crippen LogP contribution is -2.36. The van der Waals surface area contributed by atoms with Crippen molar-refractivity contribution in [3.8, 4) is 11.6 Å². The van der Waals surface area contributed by atoms with E-state index >= 15 is 0 Å². The molecule has 0 bridgehead atoms. The Labute approximate surface area is 219 Å². The number of aromatic nitrogens is 10. The van der Waals surface area contributed by atoms with Gasteiger partial charge in [0.1, 0.15) is 24.4 Å². The van der Waals surface area contributed by atoms with E-state index in [1.807, 2.05) is 25.4 Å². The van der Waals surface area contributed by atoms with E-state index < -0.39 is 0 Å². The molecule has 0 amide bonds. The fourth-order valence-corrected chi connectivity index (χ4v) is 4.18. The first-order valence-corrected chi connectivity index (χ1v) is 12.6. The number of aryl methyl sites for hydroxylation is 1. The van der Waals surface area contributed by atoms with E-state index in [-0.39, 0.29) is 12.0 Å². The van der Waals surface area contributed by atoms with Crippen molar-refractivity contribution in [2.45, 2.75) is 51.7 Å². The number of hydrogen-bond donors (Lipinski definition) is 0. The quantitative estimate of drug-likeness (QED) is 0.265. The summed E-state index contributed by atoms with van der Waals surface area (Å²) < 4.78 is 12.2. The summed E-state index contributed by atoms with van der Waals surface area (Å²) in [6.07, 6.45) is 12.2. The van der Waals surface area contributed by atoms with Gasteiger partial charge in [0, 0.05) is 31.9 Å². The SMILES string of the molecule is CCOC(=O)CCCc1cnc(N2CCC(n3ncc(COc4ccc(-n5cnnn5)nc4)n3)CC2)nc1. The van der Waals surface area contributed by atoms with Crippen LogP contribution in [0.5, 0.6) is 5.75 Å². The van der Waals surface area contributed by atoms with Crippen LogP contribution in [0.2, 0.25) is 0 Å². The number of tetrazole rings is 1. The predicted molar refractivity (Wildman–Crippen MR) is 133 cm³/mol. The Hall–Kier alpha value is -4.49. The van der Waals surface area contributed by atoms with Gasteiger partial charge >= 0.3 is 5.97 Å². The summed E-state index contributed by atoms with van der Waals surface area (Å²) >= 11 is 0. The molecule has 0 spiro atoms. The fourth-order valence-electron chi connectivity index (χ4n) is 4.18. The molecule has 14 heteroatoms. The lowest BCUT2D eigenvalue weighted by atomic mass is 10.1. The van der Waals surface area contributed by atoms with Crippen molar-refractivity contribution in [2.75, 3.05) is 24.6 Å². The summed E-state index contributed by atoms with van der Waals surface area (Å²) in [5.74, 6) is 1.78. The molecule has 1 saturated heterocycles. The zero-order valence-electron chi connectivity index (χ0n) is 21.1. The zero-order valence-corrected chi connectivity index (χ0v) is 21.1. The lowest BCUT2D eigenvalue weighted by Gasteiger charge is -2.31. The first kappa shape index (κ1) is 25.2. The summed E-state index contributed by atoms with van der Waals surface area (Å²) in [4.78, 5) is 28.8. The van der Waals surface area contributed by atoms with Crippen LogP contribution in [0.1, 0.15) is 49.9 Å². The van der Waals surface area contributed by atoms with Gasteiger partial charge < -0.3 is 14.4 Å². The molecule has 14 nitrogen and oxygen atoms in total. The second-order valence-electron chi connectivity index (χ2n) is 8.82. The molecular formula is C24H29N11O3. The number of anilines is 1. The van der Waals surface area contributed by atoms with E-state index in [1.54, 1.807) is 23.3 Å². The Morgan fingerprint density at radius 3 is 2.63 bits per heavy atom. The second kappa shape index (κ2) is 12.2. The van der Waals surface area contributed by atoms with Crippen molar-refractivity contribution in [3.63, 3.8) is 0 Å². The van der Waals surface area contributed by atoms with Gasteiger partial charge in [-0.15, -0.1) is 5.10 Å². The van der Waals surface area contributed by atoms with E-state index in [1.165, 1.54) is 11.0 Å². The minimum absolute atomic E-state index is 0.163. The third-order valence-electron chi connectivity index (χ3n) is 6.16. The molecule has 38 heavy (non-hydrogen) atoms. The molecule has 0 N–H and O–H groups in total. The van der Waals surface area contributed by atoms with Gasteiger partial charge in [-0.05, 0) is 60.7 Å². The second-order valence-corrected chi connectivity index (χ2v) is 8.82. The molecule has 0 atom stereocenters. The summed E-state index contributed by atoms with van der Waals surface area (Å²) in [5, 5.41) is 20.1. The number of ether oxygens (including phenoxy) is 2. The highest BCUT2D eigenvalue weighted by Crippen LogP contribution is 2.24. The molecule has 5 heterocycles. The van der Waals surface area contributed by atoms with Crippen molar-refractivity contribution >= 4 is 11.9 Å². The van der Waals surface area contributed by atoms with Crippen LogP contribution in [0.4, 0.5) is 5.95 Å². The molecule has 0 unspecified atom stereocenters. The molecule has 5 rings (SSSR count). The van der Waals surface area contributed by atoms with Crippen LogP contribution >= 0.6 is 0 Å². The number of pyridine rings is 1. The van der Waals surface area contributed by atoms with Crippen LogP contribution in [0, 0.1) is 0 Å². The van der Waals surface area contributed by atoms with Gasteiger partial charge in [-0.25, -0.2) is 15.0 Å². The Morgan fingerprint density at radius 2 is 1.92 bits per heavy atom. The highest BCUT2D eigenvalue weighted by atomic mass is 16.5. The Kier molecular flexibility index (Phi) is 8.06. The van der Waals surface area contributed by atoms with Crippen molar-refractivity contribution in [2.24, 2.45) is 0 Å². The van der Waals surface area contributed by atoms with Crippen molar-refractivity contribution < 1.29 is 14.3 Å². The van der Waals surface area contributed by atoms with Crippen molar-refractivity contribution in [1.29, 1.82) is 0 Å². The fraction of sp³-hybridized carbons (Fsp3) is 0.458. The Morgan fingerprint density at radius 1 is 1.08 bits per heavy atom. The third-order valence-corrected chi connectivity index (χ3v) is 6.16. The van der Waals surface area contributed by atoms with Gasteiger partial charge in [0.25, 0.3) is 0 Å². The molecule has 0 aliphatic carbocycles. The number of hydrogen-bond acceptors (Lipinski definition) is 12. The van der Waals surface area contributed by atoms with E-state index in [0.717, 1.165) is 56.0 Å². The molecule has 1 aliphatic heterocycles. The normalized spacial score (nSPS) is 14.0. The monoisotopic (exact) mass is 519 g/mol. The van der Waals surface area contributed by atoms with Crippen molar-refractivity contribution in [3.05, 3.63) is 54.5 Å². The minimum atomic E-state index is -0.163. The predicted octanol–water partition coefficient (Wildman–Crippen LogP) is 1.75. The van der Waals surface area contributed by atoms with Gasteiger partial charge in [0.2, 0.25) is 5.95 Å². The summed E-state index contributed by atoms with van der Waals surface area (Å²) in [6, 6.07) is 3.79. The molecule has 0 saturated carbocycles. The number of carbonyl (C=O) groups is 1. The number of esters is 1. The maximum Gasteiger partial charge on any atom is 0.305 e. The standard InChI is InChI=1S/C24H29N11O3/c1-2-37-23(36)5-3-4-18-12-26-24(27-13-18)33-10-8-20(9-11-33)35-29-14-19(30-35)16-38-21-6-7-22(25-15-21)34-17-28-31-32-34/h6-7,12-15,17,20H,2-5,8-11,16H2,1H3. The number of nitrogens with zero attached hydrogens (tertiary/aromatic N) is 11. The number of carbonyl (C=O) groups excluding carboxylic acids is 1. The smallest absolute Gasteiger partial charge is 0.305 e. The van der Waals surface area contributed by atoms with Crippen LogP contribution in [-0.2, 0) is 22.6 Å². The van der Waals surface area contributed by atoms with Gasteiger partial charge in [-0.3, -0.25) is 4.79 Å². The molecular weight excluding hydrogens is 490 g/mol. The average molecular weight is 520 g/mol. The summed E-state index contributed by atoms with van der Waals surface area (Å²) in [5.41, 5.74) is 1.77. The van der Waals surface area contributed by atoms with Gasteiger partial charge in [-0.2, -0.15) is 19.7 Å². The summed E-state index contributed by atoms with van der Waals surface area (Å²) in [6.45, 7) is 4.16. The highest BCUT2D eigenvalue weighted by molar-refractivity contribution is 5.69. The van der Waals surface area contributed by atoms with Crippen LogP contribution < -0.4 is 9.64 Å². The van der Waals surface area contributed by atoms with E-state index in [4.69, 9.17) is 9.47 Å². The largest absolute Gasteiger partial charge is 0.486 e. The molecule has 1 fully saturated rings. The first-order valence-electron chi connectivity index (χ1n) is 12.6. The van der Waals surface area contributed by atoms with E-state index in [9.17, 15) is 4.79 Å². The molecule has 0 aromatic carbocycles. The highest BCUT2D eigenvalue weighted by Gasteiger charge is 2.23. The maximum atomic E-state index is 11.5. The third kappa shape index (κ3) is 6.44. The molecule has 4 aromatic heterocycles. The summed E-state index contributed by atoms with van der Waals surface area (Å²) in [7, 11) is 0. The Bertz CT molecular complexity index is 1290. The zero-order chi connectivity index (χ0) is 26.2. The maximum absolute atomic E-state index is 11.5. The first-order chi connectivity index (χ1) is 18.7. The molecule has 0 radical (unpaired) electrons. The van der Waals surface area contributed by atoms with Gasteiger partial charge in [0.05, 0.1) is 25.0 Å². The minimum Gasteiger partial charge on any atom is -0.486 e. The number of piperidine rings is 1. The van der Waals surface area contributed by atoms with Crippen molar-refractivity contribution in [1.82, 2.24) is 50.2 Å². The lowest BCUT2D eigenvalue weighted by molar-refractivity contribution is -0.143. The molecule has 198 valence electrons. The van der Waals surface area contributed by atoms with Crippen LogP contribution in [0.15, 0.2) is 43.2 Å². The van der Waals surface area contributed by atoms with E-state index in [0.29, 0.717) is 31.2 Å². The molecule has 4 aromatic rings. The van der Waals surface area contributed by atoms with E-state index in [2.05, 4.69) is 45.6 Å².